The number of alkyl halides is 1. The fourth-order valence-electron chi connectivity index (χ4n) is 1.71. The maximum absolute atomic E-state index is 6.03. The van der Waals surface area contributed by atoms with Gasteiger partial charge in [0.25, 0.3) is 0 Å². The largest absolute Gasteiger partial charge is 0.344 e. The highest BCUT2D eigenvalue weighted by Crippen LogP contribution is 2.34. The molecular weight excluding hydrogens is 323 g/mol. The van der Waals surface area contributed by atoms with E-state index in [0.29, 0.717) is 11.0 Å². The maximum atomic E-state index is 6.03. The number of aromatic nitrogens is 1. The van der Waals surface area contributed by atoms with Gasteiger partial charge < -0.3 is 4.90 Å². The lowest BCUT2D eigenvalue weighted by Crippen LogP contribution is -2.21. The van der Waals surface area contributed by atoms with Gasteiger partial charge in [0.2, 0.25) is 0 Å². The summed E-state index contributed by atoms with van der Waals surface area (Å²) in [7, 11) is 1.98. The summed E-state index contributed by atoms with van der Waals surface area (Å²) in [6.45, 7) is 2.10. The summed E-state index contributed by atoms with van der Waals surface area (Å²) in [4.78, 5) is 7.30. The summed E-state index contributed by atoms with van der Waals surface area (Å²) in [5, 5.41) is 2.07. The fourth-order valence-corrected chi connectivity index (χ4v) is 3.42. The van der Waals surface area contributed by atoms with Crippen molar-refractivity contribution in [2.24, 2.45) is 0 Å². The van der Waals surface area contributed by atoms with Crippen molar-refractivity contribution >= 4 is 51.3 Å². The molecule has 0 radical (unpaired) electrons. The van der Waals surface area contributed by atoms with Crippen molar-refractivity contribution in [3.8, 4) is 0 Å². The van der Waals surface area contributed by atoms with Gasteiger partial charge in [-0.25, -0.2) is 4.98 Å². The van der Waals surface area contributed by atoms with Gasteiger partial charge >= 0.3 is 0 Å². The van der Waals surface area contributed by atoms with Crippen LogP contribution in [0.1, 0.15) is 23.4 Å². The normalized spacial score (nSPS) is 12.5. The number of benzene rings is 1. The van der Waals surface area contributed by atoms with Gasteiger partial charge in [-0.2, -0.15) is 0 Å². The van der Waals surface area contributed by atoms with Gasteiger partial charge in [-0.15, -0.1) is 11.6 Å². The smallest absolute Gasteiger partial charge is 0.187 e. The summed E-state index contributed by atoms with van der Waals surface area (Å²) < 4.78 is 0. The summed E-state index contributed by atoms with van der Waals surface area (Å²) in [5.74, 6) is 0.385. The van der Waals surface area contributed by atoms with E-state index in [1.807, 2.05) is 31.3 Å². The number of hydrogen-bond donors (Lipinski definition) is 0. The number of hydrogen-bond acceptors (Lipinski definition) is 3. The third kappa shape index (κ3) is 3.34. The van der Waals surface area contributed by atoms with Crippen molar-refractivity contribution in [2.75, 3.05) is 11.9 Å². The Morgan fingerprint density at radius 1 is 1.37 bits per heavy atom. The monoisotopic (exact) mass is 334 g/mol. The molecule has 1 atom stereocenters. The molecule has 0 saturated heterocycles. The van der Waals surface area contributed by atoms with Crippen LogP contribution in [0.25, 0.3) is 0 Å². The number of anilines is 1. The molecule has 0 aliphatic carbocycles. The number of nitrogens with zero attached hydrogens (tertiary/aromatic N) is 2. The van der Waals surface area contributed by atoms with Crippen LogP contribution in [-0.2, 0) is 5.88 Å². The van der Waals surface area contributed by atoms with Gasteiger partial charge in [-0.3, -0.25) is 0 Å². The van der Waals surface area contributed by atoms with Crippen LogP contribution in [0.4, 0.5) is 5.13 Å². The molecule has 1 heterocycles. The second kappa shape index (κ2) is 6.31. The Morgan fingerprint density at radius 2 is 2.11 bits per heavy atom. The molecule has 2 aromatic rings. The lowest BCUT2D eigenvalue weighted by molar-refractivity contribution is 0.737. The molecule has 1 unspecified atom stereocenters. The summed E-state index contributed by atoms with van der Waals surface area (Å²) in [6, 6.07) is 7.97. The van der Waals surface area contributed by atoms with Crippen molar-refractivity contribution in [1.29, 1.82) is 0 Å². The molecule has 0 bridgehead atoms. The minimum Gasteiger partial charge on any atom is -0.344 e. The van der Waals surface area contributed by atoms with E-state index < -0.39 is 0 Å². The minimum atomic E-state index is 0.157. The lowest BCUT2D eigenvalue weighted by Gasteiger charge is -2.24. The molecule has 2 rings (SSSR count). The topological polar surface area (TPSA) is 16.1 Å². The second-order valence-corrected chi connectivity index (χ2v) is 6.31. The van der Waals surface area contributed by atoms with Crippen molar-refractivity contribution in [2.45, 2.75) is 18.8 Å². The SMILES string of the molecule is CC(c1cccc(Cl)c1)N(C)c1nc(Cl)c(CCl)s1. The van der Waals surface area contributed by atoms with E-state index in [0.717, 1.165) is 20.6 Å². The molecule has 0 amide bonds. The van der Waals surface area contributed by atoms with E-state index in [9.17, 15) is 0 Å². The van der Waals surface area contributed by atoms with Gasteiger partial charge in [-0.05, 0) is 24.6 Å². The summed E-state index contributed by atoms with van der Waals surface area (Å²) >= 11 is 19.4. The minimum absolute atomic E-state index is 0.157. The Hall–Kier alpha value is -0.480. The molecule has 102 valence electrons. The second-order valence-electron chi connectivity index (χ2n) is 4.19. The Kier molecular flexibility index (Phi) is 4.96. The van der Waals surface area contributed by atoms with Gasteiger partial charge in [0.15, 0.2) is 5.13 Å². The molecule has 6 heteroatoms. The van der Waals surface area contributed by atoms with Crippen LogP contribution < -0.4 is 4.90 Å². The summed E-state index contributed by atoms with van der Waals surface area (Å²) in [6.07, 6.45) is 0. The number of rotatable bonds is 4. The zero-order chi connectivity index (χ0) is 14.0. The third-order valence-electron chi connectivity index (χ3n) is 2.97. The van der Waals surface area contributed by atoms with Crippen LogP contribution >= 0.6 is 46.1 Å². The highest BCUT2D eigenvalue weighted by Gasteiger charge is 2.17. The van der Waals surface area contributed by atoms with E-state index in [4.69, 9.17) is 34.8 Å². The molecule has 0 fully saturated rings. The fraction of sp³-hybridized carbons (Fsp3) is 0.308. The first-order chi connectivity index (χ1) is 9.02. The standard InChI is InChI=1S/C13H13Cl3N2S/c1-8(9-4-3-5-10(15)6-9)18(2)13-17-12(16)11(7-14)19-13/h3-6,8H,7H2,1-2H3. The Bertz CT molecular complexity index is 571. The zero-order valence-electron chi connectivity index (χ0n) is 10.5. The molecule has 1 aromatic heterocycles. The van der Waals surface area contributed by atoms with E-state index in [1.165, 1.54) is 11.3 Å². The van der Waals surface area contributed by atoms with Crippen LogP contribution in [-0.4, -0.2) is 12.0 Å². The van der Waals surface area contributed by atoms with Crippen molar-refractivity contribution in [3.05, 3.63) is 44.9 Å². The van der Waals surface area contributed by atoms with Gasteiger partial charge in [0.1, 0.15) is 5.15 Å². The van der Waals surface area contributed by atoms with Gasteiger partial charge in [-0.1, -0.05) is 46.7 Å². The molecule has 0 aliphatic rings. The highest BCUT2D eigenvalue weighted by molar-refractivity contribution is 7.16. The lowest BCUT2D eigenvalue weighted by atomic mass is 10.1. The predicted molar refractivity (Wildman–Crippen MR) is 85.0 cm³/mol. The molecular formula is C13H13Cl3N2S. The number of thiazole rings is 1. The molecule has 1 aromatic carbocycles. The highest BCUT2D eigenvalue weighted by atomic mass is 35.5. The Balaban J connectivity index is 2.25. The van der Waals surface area contributed by atoms with Crippen LogP contribution in [0, 0.1) is 0 Å². The van der Waals surface area contributed by atoms with E-state index in [2.05, 4.69) is 16.8 Å². The first-order valence-corrected chi connectivity index (χ1v) is 7.83. The number of halogens is 3. The van der Waals surface area contributed by atoms with Crippen LogP contribution in [0.5, 0.6) is 0 Å². The molecule has 2 nitrogen and oxygen atoms in total. The van der Waals surface area contributed by atoms with E-state index in [-0.39, 0.29) is 6.04 Å². The molecule has 0 saturated carbocycles. The van der Waals surface area contributed by atoms with Gasteiger partial charge in [0, 0.05) is 12.1 Å². The quantitative estimate of drug-likeness (QED) is 0.697. The van der Waals surface area contributed by atoms with Crippen LogP contribution in [0.2, 0.25) is 10.2 Å². The average molecular weight is 336 g/mol. The molecule has 0 N–H and O–H groups in total. The van der Waals surface area contributed by atoms with Gasteiger partial charge in [0.05, 0.1) is 16.8 Å². The maximum Gasteiger partial charge on any atom is 0.187 e. The first kappa shape index (κ1) is 14.9. The predicted octanol–water partition coefficient (Wildman–Crippen LogP) is 5.39. The van der Waals surface area contributed by atoms with E-state index >= 15 is 0 Å². The van der Waals surface area contributed by atoms with Crippen molar-refractivity contribution in [3.63, 3.8) is 0 Å². The zero-order valence-corrected chi connectivity index (χ0v) is 13.6. The molecule has 0 spiro atoms. The molecule has 0 aliphatic heterocycles. The molecule has 19 heavy (non-hydrogen) atoms. The Morgan fingerprint density at radius 3 is 2.68 bits per heavy atom. The van der Waals surface area contributed by atoms with Crippen molar-refractivity contribution in [1.82, 2.24) is 4.98 Å². The Labute approximate surface area is 131 Å². The van der Waals surface area contributed by atoms with Crippen LogP contribution in [0.3, 0.4) is 0 Å². The van der Waals surface area contributed by atoms with Crippen molar-refractivity contribution < 1.29 is 0 Å². The average Bonchev–Trinajstić information content (AvgIpc) is 2.78. The summed E-state index contributed by atoms with van der Waals surface area (Å²) in [5.41, 5.74) is 1.13. The van der Waals surface area contributed by atoms with E-state index in [1.54, 1.807) is 0 Å². The van der Waals surface area contributed by atoms with Crippen LogP contribution in [0.15, 0.2) is 24.3 Å². The first-order valence-electron chi connectivity index (χ1n) is 5.72. The third-order valence-corrected chi connectivity index (χ3v) is 5.20.